The number of amides is 1. The number of carbonyl (C=O) groups is 1. The molecule has 0 spiro atoms. The van der Waals surface area contributed by atoms with Gasteiger partial charge in [0.1, 0.15) is 0 Å². The molecule has 1 fully saturated rings. The van der Waals surface area contributed by atoms with Gasteiger partial charge in [0, 0.05) is 31.6 Å². The Morgan fingerprint density at radius 3 is 2.68 bits per heavy atom. The van der Waals surface area contributed by atoms with Crippen molar-refractivity contribution in [1.29, 1.82) is 0 Å². The molecule has 0 atom stereocenters. The summed E-state index contributed by atoms with van der Waals surface area (Å²) in [5.41, 5.74) is 1.44. The Kier molecular flexibility index (Phi) is 5.43. The number of anilines is 1. The lowest BCUT2D eigenvalue weighted by atomic mass is 10.2. The van der Waals surface area contributed by atoms with Crippen LogP contribution in [0.4, 0.5) is 5.69 Å². The molecule has 1 N–H and O–H groups in total. The minimum Gasteiger partial charge on any atom is -0.326 e. The van der Waals surface area contributed by atoms with Gasteiger partial charge >= 0.3 is 0 Å². The number of thiazole rings is 1. The normalized spacial score (nSPS) is 15.1. The average Bonchev–Trinajstić information content (AvgIpc) is 3.36. The van der Waals surface area contributed by atoms with Crippen molar-refractivity contribution in [3.63, 3.8) is 0 Å². The smallest absolute Gasteiger partial charge is 0.243 e. The van der Waals surface area contributed by atoms with Crippen LogP contribution in [0.1, 0.15) is 24.3 Å². The van der Waals surface area contributed by atoms with Gasteiger partial charge in [0.25, 0.3) is 0 Å². The van der Waals surface area contributed by atoms with E-state index in [4.69, 9.17) is 0 Å². The standard InChI is InChI=1S/C20H21N3O3S2/c24-19(10-11-20-22-17-8-1-2-9-18(17)27-20)21-15-6-5-7-16(14-15)28(25,26)23-12-3-4-13-23/h1-2,5-9,14H,3-4,10-13H2,(H,21,24). The van der Waals surface area contributed by atoms with Crippen LogP contribution in [0.2, 0.25) is 0 Å². The number of fused-ring (bicyclic) bond motifs is 1. The van der Waals surface area contributed by atoms with Crippen molar-refractivity contribution in [2.24, 2.45) is 0 Å². The molecule has 4 rings (SSSR count). The minimum absolute atomic E-state index is 0.157. The van der Waals surface area contributed by atoms with E-state index in [0.717, 1.165) is 28.1 Å². The van der Waals surface area contributed by atoms with Crippen molar-refractivity contribution < 1.29 is 13.2 Å². The van der Waals surface area contributed by atoms with Gasteiger partial charge in [-0.05, 0) is 43.2 Å². The highest BCUT2D eigenvalue weighted by molar-refractivity contribution is 7.89. The Morgan fingerprint density at radius 1 is 1.11 bits per heavy atom. The number of nitrogens with zero attached hydrogens (tertiary/aromatic N) is 2. The molecule has 8 heteroatoms. The Hall–Kier alpha value is -2.29. The lowest BCUT2D eigenvalue weighted by Crippen LogP contribution is -2.27. The van der Waals surface area contributed by atoms with Crippen molar-refractivity contribution in [3.8, 4) is 0 Å². The molecule has 3 aromatic rings. The lowest BCUT2D eigenvalue weighted by Gasteiger charge is -2.16. The van der Waals surface area contributed by atoms with Gasteiger partial charge in [-0.25, -0.2) is 13.4 Å². The van der Waals surface area contributed by atoms with Gasteiger partial charge in [-0.3, -0.25) is 4.79 Å². The molecule has 2 heterocycles. The number of sulfonamides is 1. The lowest BCUT2D eigenvalue weighted by molar-refractivity contribution is -0.116. The summed E-state index contributed by atoms with van der Waals surface area (Å²) in [6, 6.07) is 14.4. The first-order valence-corrected chi connectivity index (χ1v) is 11.5. The van der Waals surface area contributed by atoms with E-state index < -0.39 is 10.0 Å². The number of para-hydroxylation sites is 1. The maximum absolute atomic E-state index is 12.7. The highest BCUT2D eigenvalue weighted by atomic mass is 32.2. The molecule has 0 bridgehead atoms. The van der Waals surface area contributed by atoms with E-state index in [1.54, 1.807) is 29.5 Å². The molecule has 0 unspecified atom stereocenters. The molecule has 146 valence electrons. The molecule has 1 aliphatic rings. The van der Waals surface area contributed by atoms with Crippen LogP contribution in [-0.4, -0.2) is 36.7 Å². The number of nitrogens with one attached hydrogen (secondary N) is 1. The number of aryl methyl sites for hydroxylation is 1. The summed E-state index contributed by atoms with van der Waals surface area (Å²) in [7, 11) is -3.49. The SMILES string of the molecule is O=C(CCc1nc2ccccc2s1)Nc1cccc(S(=O)(=O)N2CCCC2)c1. The van der Waals surface area contributed by atoms with E-state index in [-0.39, 0.29) is 10.8 Å². The third-order valence-electron chi connectivity index (χ3n) is 4.72. The Bertz CT molecular complexity index is 1070. The number of rotatable bonds is 6. The maximum Gasteiger partial charge on any atom is 0.243 e. The summed E-state index contributed by atoms with van der Waals surface area (Å²) in [5.74, 6) is -0.157. The molecule has 28 heavy (non-hydrogen) atoms. The fourth-order valence-electron chi connectivity index (χ4n) is 3.28. The van der Waals surface area contributed by atoms with E-state index in [1.807, 2.05) is 24.3 Å². The molecule has 1 saturated heterocycles. The number of hydrogen-bond acceptors (Lipinski definition) is 5. The first-order valence-electron chi connectivity index (χ1n) is 9.27. The summed E-state index contributed by atoms with van der Waals surface area (Å²) in [6.07, 6.45) is 2.63. The van der Waals surface area contributed by atoms with Gasteiger partial charge < -0.3 is 5.32 Å². The molecule has 1 amide bonds. The number of aromatic nitrogens is 1. The minimum atomic E-state index is -3.49. The highest BCUT2D eigenvalue weighted by Gasteiger charge is 2.27. The Morgan fingerprint density at radius 2 is 1.89 bits per heavy atom. The zero-order valence-corrected chi connectivity index (χ0v) is 16.9. The number of carbonyl (C=O) groups excluding carboxylic acids is 1. The molecule has 1 aromatic heterocycles. The largest absolute Gasteiger partial charge is 0.326 e. The third kappa shape index (κ3) is 4.09. The maximum atomic E-state index is 12.7. The predicted octanol–water partition coefficient (Wildman–Crippen LogP) is 3.65. The Balaban J connectivity index is 1.40. The monoisotopic (exact) mass is 415 g/mol. The summed E-state index contributed by atoms with van der Waals surface area (Å²) >= 11 is 1.59. The number of benzene rings is 2. The van der Waals surface area contributed by atoms with Crippen LogP contribution in [0.25, 0.3) is 10.2 Å². The van der Waals surface area contributed by atoms with Crippen LogP contribution in [0.3, 0.4) is 0 Å². The van der Waals surface area contributed by atoms with Gasteiger partial charge in [-0.1, -0.05) is 18.2 Å². The van der Waals surface area contributed by atoms with Crippen LogP contribution in [-0.2, 0) is 21.2 Å². The van der Waals surface area contributed by atoms with Crippen molar-refractivity contribution in [3.05, 3.63) is 53.5 Å². The molecular formula is C20H21N3O3S2. The van der Waals surface area contributed by atoms with E-state index in [9.17, 15) is 13.2 Å². The zero-order chi connectivity index (χ0) is 19.6. The summed E-state index contributed by atoms with van der Waals surface area (Å²) in [6.45, 7) is 1.11. The fraction of sp³-hybridized carbons (Fsp3) is 0.300. The summed E-state index contributed by atoms with van der Waals surface area (Å²) < 4.78 is 28.0. The molecule has 0 radical (unpaired) electrons. The van der Waals surface area contributed by atoms with Crippen LogP contribution in [0.5, 0.6) is 0 Å². The van der Waals surface area contributed by atoms with E-state index >= 15 is 0 Å². The molecule has 1 aliphatic heterocycles. The predicted molar refractivity (Wildman–Crippen MR) is 111 cm³/mol. The average molecular weight is 416 g/mol. The molecule has 2 aromatic carbocycles. The van der Waals surface area contributed by atoms with Crippen molar-refractivity contribution in [2.75, 3.05) is 18.4 Å². The first kappa shape index (κ1) is 19.0. The van der Waals surface area contributed by atoms with Gasteiger partial charge in [0.15, 0.2) is 0 Å². The van der Waals surface area contributed by atoms with Crippen LogP contribution in [0, 0.1) is 0 Å². The quantitative estimate of drug-likeness (QED) is 0.666. The molecule has 6 nitrogen and oxygen atoms in total. The van der Waals surface area contributed by atoms with Crippen molar-refractivity contribution in [1.82, 2.24) is 9.29 Å². The van der Waals surface area contributed by atoms with E-state index in [1.165, 1.54) is 10.4 Å². The van der Waals surface area contributed by atoms with Crippen molar-refractivity contribution in [2.45, 2.75) is 30.6 Å². The van der Waals surface area contributed by atoms with E-state index in [0.29, 0.717) is 31.6 Å². The summed E-state index contributed by atoms with van der Waals surface area (Å²) in [4.78, 5) is 17.1. The van der Waals surface area contributed by atoms with E-state index in [2.05, 4.69) is 10.3 Å². The second-order valence-electron chi connectivity index (χ2n) is 6.76. The molecular weight excluding hydrogens is 394 g/mol. The summed E-state index contributed by atoms with van der Waals surface area (Å²) in [5, 5.41) is 3.72. The van der Waals surface area contributed by atoms with Gasteiger partial charge in [0.05, 0.1) is 20.1 Å². The van der Waals surface area contributed by atoms with Gasteiger partial charge in [-0.2, -0.15) is 4.31 Å². The Labute approximate surface area is 168 Å². The second kappa shape index (κ2) is 7.98. The topological polar surface area (TPSA) is 79.4 Å². The second-order valence-corrected chi connectivity index (χ2v) is 9.82. The number of hydrogen-bond donors (Lipinski definition) is 1. The highest BCUT2D eigenvalue weighted by Crippen LogP contribution is 2.24. The van der Waals surface area contributed by atoms with Crippen molar-refractivity contribution >= 4 is 43.2 Å². The first-order chi connectivity index (χ1) is 13.5. The zero-order valence-electron chi connectivity index (χ0n) is 15.3. The molecule has 0 aliphatic carbocycles. The van der Waals surface area contributed by atoms with Gasteiger partial charge in [0.2, 0.25) is 15.9 Å². The van der Waals surface area contributed by atoms with Crippen LogP contribution >= 0.6 is 11.3 Å². The fourth-order valence-corrected chi connectivity index (χ4v) is 5.81. The van der Waals surface area contributed by atoms with Crippen LogP contribution < -0.4 is 5.32 Å². The third-order valence-corrected chi connectivity index (χ3v) is 7.72. The van der Waals surface area contributed by atoms with Gasteiger partial charge in [-0.15, -0.1) is 11.3 Å². The van der Waals surface area contributed by atoms with Crippen LogP contribution in [0.15, 0.2) is 53.4 Å². The molecule has 0 saturated carbocycles.